The van der Waals surface area contributed by atoms with Gasteiger partial charge in [-0.3, -0.25) is 4.79 Å². The van der Waals surface area contributed by atoms with Gasteiger partial charge < -0.3 is 14.2 Å². The molecule has 0 radical (unpaired) electrons. The van der Waals surface area contributed by atoms with Gasteiger partial charge in [0.25, 0.3) is 11.8 Å². The van der Waals surface area contributed by atoms with Gasteiger partial charge in [0.1, 0.15) is 6.61 Å². The molecule has 24 heavy (non-hydrogen) atoms. The molecule has 1 amide bonds. The van der Waals surface area contributed by atoms with Crippen LogP contribution < -0.4 is 0 Å². The van der Waals surface area contributed by atoms with Crippen molar-refractivity contribution in [1.29, 1.82) is 0 Å². The lowest BCUT2D eigenvalue weighted by Gasteiger charge is -2.31. The van der Waals surface area contributed by atoms with Crippen LogP contribution in [0.4, 0.5) is 0 Å². The molecule has 1 aliphatic heterocycles. The van der Waals surface area contributed by atoms with Gasteiger partial charge >= 0.3 is 0 Å². The molecule has 1 unspecified atom stereocenters. The first-order valence-electron chi connectivity index (χ1n) is 8.43. The minimum atomic E-state index is 0.0673. The first kappa shape index (κ1) is 16.6. The fourth-order valence-electron chi connectivity index (χ4n) is 2.93. The summed E-state index contributed by atoms with van der Waals surface area (Å²) in [4.78, 5) is 19.0. The molecule has 1 aromatic carbocycles. The van der Waals surface area contributed by atoms with E-state index in [9.17, 15) is 4.79 Å². The third-order valence-electron chi connectivity index (χ3n) is 4.29. The number of ether oxygens (including phenoxy) is 1. The second-order valence-corrected chi connectivity index (χ2v) is 6.14. The van der Waals surface area contributed by atoms with Crippen LogP contribution >= 0.6 is 0 Å². The summed E-state index contributed by atoms with van der Waals surface area (Å²) in [6, 6.07) is 7.70. The first-order valence-corrected chi connectivity index (χ1v) is 8.43. The van der Waals surface area contributed by atoms with Gasteiger partial charge in [-0.25, -0.2) is 0 Å². The number of rotatable bonds is 5. The van der Waals surface area contributed by atoms with E-state index < -0.39 is 0 Å². The van der Waals surface area contributed by atoms with Crippen molar-refractivity contribution in [2.75, 3.05) is 19.7 Å². The van der Waals surface area contributed by atoms with E-state index in [1.807, 2.05) is 43.0 Å². The van der Waals surface area contributed by atoms with Crippen LogP contribution in [0.2, 0.25) is 0 Å². The largest absolute Gasteiger partial charge is 0.372 e. The standard InChI is InChI=1S/C18H23N3O3/c1-3-23-12-16-19-17(20-24-16)15-5-4-10-21(11-15)18(22)14-8-6-13(2)7-9-14/h6-9,15H,3-5,10-12H2,1-2H3. The number of hydrogen-bond acceptors (Lipinski definition) is 5. The first-order chi connectivity index (χ1) is 11.7. The molecule has 2 aromatic rings. The minimum Gasteiger partial charge on any atom is -0.372 e. The fraction of sp³-hybridized carbons (Fsp3) is 0.500. The number of aromatic nitrogens is 2. The Morgan fingerprint density at radius 2 is 2.17 bits per heavy atom. The topological polar surface area (TPSA) is 68.5 Å². The highest BCUT2D eigenvalue weighted by molar-refractivity contribution is 5.94. The number of piperidine rings is 1. The third-order valence-corrected chi connectivity index (χ3v) is 4.29. The predicted octanol–water partition coefficient (Wildman–Crippen LogP) is 2.93. The molecule has 0 bridgehead atoms. The molecular formula is C18H23N3O3. The maximum absolute atomic E-state index is 12.7. The maximum Gasteiger partial charge on any atom is 0.253 e. The number of benzene rings is 1. The Hall–Kier alpha value is -2.21. The second kappa shape index (κ2) is 7.57. The SMILES string of the molecule is CCOCc1nc(C2CCCN(C(=O)c3ccc(C)cc3)C2)no1. The van der Waals surface area contributed by atoms with Crippen LogP contribution in [0.25, 0.3) is 0 Å². The summed E-state index contributed by atoms with van der Waals surface area (Å²) in [6.07, 6.45) is 1.91. The smallest absolute Gasteiger partial charge is 0.253 e. The lowest BCUT2D eigenvalue weighted by atomic mass is 9.96. The quantitative estimate of drug-likeness (QED) is 0.843. The second-order valence-electron chi connectivity index (χ2n) is 6.14. The number of aryl methyl sites for hydroxylation is 1. The zero-order chi connectivity index (χ0) is 16.9. The van der Waals surface area contributed by atoms with Gasteiger partial charge in [0.15, 0.2) is 5.82 Å². The Morgan fingerprint density at radius 1 is 1.38 bits per heavy atom. The van der Waals surface area contributed by atoms with E-state index in [-0.39, 0.29) is 11.8 Å². The van der Waals surface area contributed by atoms with Crippen LogP contribution in [0.15, 0.2) is 28.8 Å². The zero-order valence-electron chi connectivity index (χ0n) is 14.2. The molecule has 128 valence electrons. The summed E-state index contributed by atoms with van der Waals surface area (Å²) >= 11 is 0. The van der Waals surface area contributed by atoms with E-state index >= 15 is 0 Å². The Balaban J connectivity index is 1.66. The average Bonchev–Trinajstić information content (AvgIpc) is 3.09. The van der Waals surface area contributed by atoms with Crippen LogP contribution in [0, 0.1) is 6.92 Å². The lowest BCUT2D eigenvalue weighted by Crippen LogP contribution is -2.39. The Bertz CT molecular complexity index is 681. The molecule has 6 nitrogen and oxygen atoms in total. The summed E-state index contributed by atoms with van der Waals surface area (Å²) in [7, 11) is 0. The maximum atomic E-state index is 12.7. The van der Waals surface area contributed by atoms with E-state index in [1.54, 1.807) is 0 Å². The van der Waals surface area contributed by atoms with Crippen molar-refractivity contribution >= 4 is 5.91 Å². The molecule has 1 saturated heterocycles. The summed E-state index contributed by atoms with van der Waals surface area (Å²) in [5, 5.41) is 4.07. The fourth-order valence-corrected chi connectivity index (χ4v) is 2.93. The summed E-state index contributed by atoms with van der Waals surface area (Å²) in [6.45, 7) is 6.28. The number of carbonyl (C=O) groups is 1. The van der Waals surface area contributed by atoms with Crippen molar-refractivity contribution in [3.63, 3.8) is 0 Å². The molecule has 1 aromatic heterocycles. The van der Waals surface area contributed by atoms with Crippen LogP contribution in [-0.2, 0) is 11.3 Å². The Kier molecular flexibility index (Phi) is 5.25. The Labute approximate surface area is 141 Å². The zero-order valence-corrected chi connectivity index (χ0v) is 14.2. The van der Waals surface area contributed by atoms with Crippen molar-refractivity contribution in [1.82, 2.24) is 15.0 Å². The molecule has 0 aliphatic carbocycles. The molecule has 1 aliphatic rings. The van der Waals surface area contributed by atoms with Gasteiger partial charge in [-0.1, -0.05) is 22.9 Å². The highest BCUT2D eigenvalue weighted by Crippen LogP contribution is 2.26. The van der Waals surface area contributed by atoms with Gasteiger partial charge in [0.05, 0.1) is 0 Å². The van der Waals surface area contributed by atoms with Gasteiger partial charge in [0.2, 0.25) is 0 Å². The van der Waals surface area contributed by atoms with Crippen LogP contribution in [0.1, 0.15) is 53.3 Å². The van der Waals surface area contributed by atoms with Crippen LogP contribution in [-0.4, -0.2) is 40.6 Å². The monoisotopic (exact) mass is 329 g/mol. The average molecular weight is 329 g/mol. The van der Waals surface area contributed by atoms with E-state index in [0.717, 1.165) is 30.5 Å². The number of likely N-dealkylation sites (tertiary alicyclic amines) is 1. The highest BCUT2D eigenvalue weighted by atomic mass is 16.5. The van der Waals surface area contributed by atoms with Crippen LogP contribution in [0.5, 0.6) is 0 Å². The number of amides is 1. The molecular weight excluding hydrogens is 306 g/mol. The molecule has 3 rings (SSSR count). The van der Waals surface area contributed by atoms with Gasteiger partial charge in [0, 0.05) is 31.2 Å². The van der Waals surface area contributed by atoms with Gasteiger partial charge in [-0.15, -0.1) is 0 Å². The normalized spacial score (nSPS) is 17.9. The molecule has 1 fully saturated rings. The summed E-state index contributed by atoms with van der Waals surface area (Å²) in [5.41, 5.74) is 1.88. The molecule has 0 spiro atoms. The molecule has 2 heterocycles. The van der Waals surface area contributed by atoms with E-state index in [0.29, 0.717) is 31.5 Å². The van der Waals surface area contributed by atoms with Crippen molar-refractivity contribution < 1.29 is 14.1 Å². The minimum absolute atomic E-state index is 0.0673. The Morgan fingerprint density at radius 3 is 2.92 bits per heavy atom. The van der Waals surface area contributed by atoms with Gasteiger partial charge in [-0.2, -0.15) is 4.98 Å². The van der Waals surface area contributed by atoms with E-state index in [2.05, 4.69) is 10.1 Å². The molecule has 6 heteroatoms. The molecule has 0 saturated carbocycles. The van der Waals surface area contributed by atoms with Crippen LogP contribution in [0.3, 0.4) is 0 Å². The molecule has 1 atom stereocenters. The van der Waals surface area contributed by atoms with Crippen molar-refractivity contribution in [2.24, 2.45) is 0 Å². The van der Waals surface area contributed by atoms with E-state index in [4.69, 9.17) is 9.26 Å². The predicted molar refractivity (Wildman–Crippen MR) is 88.7 cm³/mol. The van der Waals surface area contributed by atoms with E-state index in [1.165, 1.54) is 0 Å². The van der Waals surface area contributed by atoms with Crippen molar-refractivity contribution in [3.05, 3.63) is 47.1 Å². The third kappa shape index (κ3) is 3.82. The van der Waals surface area contributed by atoms with Gasteiger partial charge in [-0.05, 0) is 38.8 Å². The summed E-state index contributed by atoms with van der Waals surface area (Å²) in [5.74, 6) is 1.35. The molecule has 0 N–H and O–H groups in total. The van der Waals surface area contributed by atoms with Crippen molar-refractivity contribution in [2.45, 2.75) is 39.2 Å². The summed E-state index contributed by atoms with van der Waals surface area (Å²) < 4.78 is 10.5. The van der Waals surface area contributed by atoms with Crippen molar-refractivity contribution in [3.8, 4) is 0 Å². The number of carbonyl (C=O) groups excluding carboxylic acids is 1. The lowest BCUT2D eigenvalue weighted by molar-refractivity contribution is 0.0703. The number of nitrogens with zero attached hydrogens (tertiary/aromatic N) is 3. The highest BCUT2D eigenvalue weighted by Gasteiger charge is 2.28. The number of hydrogen-bond donors (Lipinski definition) is 0.